The standard InChI is InChI=1S/C29H27ClN4O7/c1-29(2,3)28(39)40-15-33-22(35)12-11-21(26(33)37)34-25(36)19-5-4-6-20(23(19)27(34)38)31-13-18-14-32-24(41-18)16-7-9-17(30)10-8-16/h4-10,14,21,31H,11-13,15H2,1-3H3. The molecular formula is C29H27ClN4O7. The number of carbonyl (C=O) groups excluding carboxylic acids is 5. The fourth-order valence-electron chi connectivity index (χ4n) is 4.57. The molecule has 2 aromatic carbocycles. The number of aromatic nitrogens is 1. The van der Waals surface area contributed by atoms with Gasteiger partial charge in [-0.2, -0.15) is 0 Å². The van der Waals surface area contributed by atoms with E-state index in [1.54, 1.807) is 63.4 Å². The van der Waals surface area contributed by atoms with Gasteiger partial charge >= 0.3 is 5.97 Å². The van der Waals surface area contributed by atoms with Crippen LogP contribution in [-0.4, -0.2) is 57.2 Å². The van der Waals surface area contributed by atoms with Crippen molar-refractivity contribution in [3.05, 3.63) is 70.6 Å². The van der Waals surface area contributed by atoms with E-state index in [1.807, 2.05) is 0 Å². The molecule has 4 amide bonds. The van der Waals surface area contributed by atoms with Gasteiger partial charge in [-0.05, 0) is 63.6 Å². The topological polar surface area (TPSA) is 139 Å². The number of benzene rings is 2. The maximum absolute atomic E-state index is 13.6. The monoisotopic (exact) mass is 578 g/mol. The van der Waals surface area contributed by atoms with E-state index in [2.05, 4.69) is 10.3 Å². The molecule has 1 fully saturated rings. The van der Waals surface area contributed by atoms with Crippen molar-refractivity contribution in [2.45, 2.75) is 46.2 Å². The van der Waals surface area contributed by atoms with Gasteiger partial charge in [-0.25, -0.2) is 9.88 Å². The molecule has 1 saturated heterocycles. The maximum Gasteiger partial charge on any atom is 0.312 e. The number of rotatable bonds is 7. The molecule has 1 atom stereocenters. The molecule has 11 nitrogen and oxygen atoms in total. The summed E-state index contributed by atoms with van der Waals surface area (Å²) in [5.74, 6) is -2.33. The number of esters is 1. The van der Waals surface area contributed by atoms with Crippen molar-refractivity contribution in [3.8, 4) is 11.5 Å². The average Bonchev–Trinajstić information content (AvgIpc) is 3.50. The predicted molar refractivity (Wildman–Crippen MR) is 147 cm³/mol. The lowest BCUT2D eigenvalue weighted by atomic mass is 9.97. The summed E-state index contributed by atoms with van der Waals surface area (Å²) in [6.45, 7) is 4.51. The van der Waals surface area contributed by atoms with E-state index in [1.165, 1.54) is 6.07 Å². The number of nitrogens with zero attached hydrogens (tertiary/aromatic N) is 3. The van der Waals surface area contributed by atoms with Gasteiger partial charge in [-0.15, -0.1) is 0 Å². The summed E-state index contributed by atoms with van der Waals surface area (Å²) >= 11 is 5.94. The second kappa shape index (κ2) is 10.8. The zero-order valence-electron chi connectivity index (χ0n) is 22.6. The summed E-state index contributed by atoms with van der Waals surface area (Å²) in [5.41, 5.74) is 0.537. The lowest BCUT2D eigenvalue weighted by Gasteiger charge is -2.34. The van der Waals surface area contributed by atoms with Gasteiger partial charge in [0.15, 0.2) is 6.73 Å². The van der Waals surface area contributed by atoms with E-state index in [9.17, 15) is 24.0 Å². The first-order chi connectivity index (χ1) is 19.5. The highest BCUT2D eigenvalue weighted by atomic mass is 35.5. The van der Waals surface area contributed by atoms with Crippen LogP contribution in [0.1, 0.15) is 60.1 Å². The van der Waals surface area contributed by atoms with Gasteiger partial charge in [-0.3, -0.25) is 28.9 Å². The van der Waals surface area contributed by atoms with Gasteiger partial charge in [-0.1, -0.05) is 17.7 Å². The maximum atomic E-state index is 13.6. The zero-order chi connectivity index (χ0) is 29.5. The zero-order valence-corrected chi connectivity index (χ0v) is 23.4. The number of imide groups is 2. The molecule has 3 aromatic rings. The van der Waals surface area contributed by atoms with Crippen LogP contribution in [-0.2, 0) is 25.7 Å². The number of halogens is 1. The van der Waals surface area contributed by atoms with Crippen molar-refractivity contribution in [1.29, 1.82) is 0 Å². The van der Waals surface area contributed by atoms with Crippen molar-refractivity contribution in [3.63, 3.8) is 0 Å². The minimum absolute atomic E-state index is 0.0266. The van der Waals surface area contributed by atoms with Crippen LogP contribution in [0.25, 0.3) is 11.5 Å². The summed E-state index contributed by atoms with van der Waals surface area (Å²) in [7, 11) is 0. The minimum Gasteiger partial charge on any atom is -0.443 e. The number of piperidine rings is 1. The second-order valence-electron chi connectivity index (χ2n) is 10.7. The molecule has 0 spiro atoms. The van der Waals surface area contributed by atoms with Gasteiger partial charge in [0.1, 0.15) is 11.8 Å². The van der Waals surface area contributed by atoms with E-state index >= 15 is 0 Å². The van der Waals surface area contributed by atoms with Crippen molar-refractivity contribution in [2.75, 3.05) is 12.0 Å². The Morgan fingerprint density at radius 2 is 1.83 bits per heavy atom. The van der Waals surface area contributed by atoms with Gasteiger partial charge in [0.05, 0.1) is 29.3 Å². The Morgan fingerprint density at radius 1 is 1.10 bits per heavy atom. The molecule has 2 aliphatic heterocycles. The number of anilines is 1. The van der Waals surface area contributed by atoms with Crippen LogP contribution >= 0.6 is 11.6 Å². The normalized spacial score (nSPS) is 17.2. The predicted octanol–water partition coefficient (Wildman–Crippen LogP) is 4.27. The Balaban J connectivity index is 1.31. The van der Waals surface area contributed by atoms with E-state index in [0.717, 1.165) is 15.4 Å². The minimum atomic E-state index is -1.21. The van der Waals surface area contributed by atoms with E-state index in [0.29, 0.717) is 22.4 Å². The van der Waals surface area contributed by atoms with E-state index < -0.39 is 47.8 Å². The molecule has 0 radical (unpaired) electrons. The number of amides is 4. The largest absolute Gasteiger partial charge is 0.443 e. The first-order valence-electron chi connectivity index (χ1n) is 12.9. The third-order valence-corrected chi connectivity index (χ3v) is 7.03. The SMILES string of the molecule is CC(C)(C)C(=O)OCN1C(=O)CCC(N2C(=O)c3cccc(NCc4cnc(-c5ccc(Cl)cc5)o4)c3C2=O)C1=O. The molecule has 12 heteroatoms. The van der Waals surface area contributed by atoms with Crippen molar-refractivity contribution in [1.82, 2.24) is 14.8 Å². The Kier molecular flexibility index (Phi) is 7.39. The molecular weight excluding hydrogens is 552 g/mol. The second-order valence-corrected chi connectivity index (χ2v) is 11.2. The summed E-state index contributed by atoms with van der Waals surface area (Å²) in [6.07, 6.45) is 1.43. The van der Waals surface area contributed by atoms with Crippen molar-refractivity contribution < 1.29 is 33.1 Å². The van der Waals surface area contributed by atoms with Gasteiger partial charge in [0, 0.05) is 22.7 Å². The van der Waals surface area contributed by atoms with Crippen LogP contribution in [0.3, 0.4) is 0 Å². The summed E-state index contributed by atoms with van der Waals surface area (Å²) in [5, 5.41) is 3.71. The molecule has 212 valence electrons. The van der Waals surface area contributed by atoms with Crippen molar-refractivity contribution >= 4 is 46.9 Å². The smallest absolute Gasteiger partial charge is 0.312 e. The molecule has 1 aromatic heterocycles. The quantitative estimate of drug-likeness (QED) is 0.321. The molecule has 2 aliphatic rings. The molecule has 1 unspecified atom stereocenters. The highest BCUT2D eigenvalue weighted by molar-refractivity contribution is 6.30. The van der Waals surface area contributed by atoms with E-state index in [4.69, 9.17) is 20.8 Å². The number of hydrogen-bond donors (Lipinski definition) is 1. The number of oxazole rings is 1. The molecule has 0 aliphatic carbocycles. The first kappa shape index (κ1) is 28.0. The molecule has 1 N–H and O–H groups in total. The Labute approximate surface area is 240 Å². The molecule has 5 rings (SSSR count). The lowest BCUT2D eigenvalue weighted by Crippen LogP contribution is -2.56. The van der Waals surface area contributed by atoms with Crippen LogP contribution in [0, 0.1) is 5.41 Å². The van der Waals surface area contributed by atoms with Crippen LogP contribution in [0.5, 0.6) is 0 Å². The number of fused-ring (bicyclic) bond motifs is 1. The fourth-order valence-corrected chi connectivity index (χ4v) is 4.69. The number of nitrogens with one attached hydrogen (secondary N) is 1. The molecule has 3 heterocycles. The highest BCUT2D eigenvalue weighted by Gasteiger charge is 2.48. The highest BCUT2D eigenvalue weighted by Crippen LogP contribution is 2.34. The average molecular weight is 579 g/mol. The third kappa shape index (κ3) is 5.45. The molecule has 0 saturated carbocycles. The van der Waals surface area contributed by atoms with Gasteiger partial charge in [0.25, 0.3) is 17.7 Å². The van der Waals surface area contributed by atoms with E-state index in [-0.39, 0.29) is 30.5 Å². The van der Waals surface area contributed by atoms with Gasteiger partial charge < -0.3 is 14.5 Å². The summed E-state index contributed by atoms with van der Waals surface area (Å²) < 4.78 is 11.0. The summed E-state index contributed by atoms with van der Waals surface area (Å²) in [6, 6.07) is 10.6. The van der Waals surface area contributed by atoms with Crippen LogP contribution in [0.15, 0.2) is 53.1 Å². The number of likely N-dealkylation sites (tertiary alicyclic amines) is 1. The fraction of sp³-hybridized carbons (Fsp3) is 0.310. The number of ether oxygens (including phenoxy) is 1. The van der Waals surface area contributed by atoms with Crippen LogP contribution in [0.4, 0.5) is 5.69 Å². The Hall–Kier alpha value is -4.51. The number of carbonyl (C=O) groups is 5. The Morgan fingerprint density at radius 3 is 2.54 bits per heavy atom. The molecule has 41 heavy (non-hydrogen) atoms. The van der Waals surface area contributed by atoms with Crippen molar-refractivity contribution in [2.24, 2.45) is 5.41 Å². The van der Waals surface area contributed by atoms with Crippen LogP contribution < -0.4 is 5.32 Å². The number of hydrogen-bond acceptors (Lipinski definition) is 9. The summed E-state index contributed by atoms with van der Waals surface area (Å²) in [4.78, 5) is 70.8. The van der Waals surface area contributed by atoms with Crippen LogP contribution in [0.2, 0.25) is 5.02 Å². The first-order valence-corrected chi connectivity index (χ1v) is 13.3. The third-order valence-electron chi connectivity index (χ3n) is 6.78. The lowest BCUT2D eigenvalue weighted by molar-refractivity contribution is -0.168. The Bertz CT molecular complexity index is 1560. The van der Waals surface area contributed by atoms with Gasteiger partial charge in [0.2, 0.25) is 11.8 Å². The molecule has 0 bridgehead atoms.